The van der Waals surface area contributed by atoms with Crippen LogP contribution in [0.3, 0.4) is 0 Å². The molecule has 0 unspecified atom stereocenters. The Morgan fingerprint density at radius 3 is 2.54 bits per heavy atom. The van der Waals surface area contributed by atoms with Crippen LogP contribution < -0.4 is 10.2 Å². The van der Waals surface area contributed by atoms with Gasteiger partial charge >= 0.3 is 0 Å². The molecule has 1 heterocycles. The van der Waals surface area contributed by atoms with Crippen molar-refractivity contribution in [1.82, 2.24) is 10.2 Å². The SMILES string of the molecule is CN=C(NCc1cccc(N2CC=CC2)c1)N(C)Cc1ccc(F)cc1. The highest BCUT2D eigenvalue weighted by Gasteiger charge is 2.09. The molecule has 136 valence electrons. The lowest BCUT2D eigenvalue weighted by Gasteiger charge is -2.23. The van der Waals surface area contributed by atoms with Crippen molar-refractivity contribution in [2.45, 2.75) is 13.1 Å². The van der Waals surface area contributed by atoms with Gasteiger partial charge in [0.15, 0.2) is 5.96 Å². The average Bonchev–Trinajstić information content (AvgIpc) is 3.19. The Kier molecular flexibility index (Phi) is 5.89. The zero-order chi connectivity index (χ0) is 18.4. The fourth-order valence-electron chi connectivity index (χ4n) is 3.06. The third-order valence-corrected chi connectivity index (χ3v) is 4.45. The van der Waals surface area contributed by atoms with Crippen LogP contribution in [0.15, 0.2) is 65.7 Å². The molecule has 2 aromatic rings. The first-order valence-corrected chi connectivity index (χ1v) is 8.81. The summed E-state index contributed by atoms with van der Waals surface area (Å²) >= 11 is 0. The molecular weight excluding hydrogens is 327 g/mol. The highest BCUT2D eigenvalue weighted by Crippen LogP contribution is 2.18. The van der Waals surface area contributed by atoms with Gasteiger partial charge in [0.05, 0.1) is 0 Å². The number of guanidine groups is 1. The molecular formula is C21H25FN4. The average molecular weight is 352 g/mol. The molecule has 0 amide bonds. The number of hydrogen-bond donors (Lipinski definition) is 1. The lowest BCUT2D eigenvalue weighted by Crippen LogP contribution is -2.38. The summed E-state index contributed by atoms with van der Waals surface area (Å²) in [7, 11) is 3.75. The lowest BCUT2D eigenvalue weighted by molar-refractivity contribution is 0.476. The summed E-state index contributed by atoms with van der Waals surface area (Å²) in [6.07, 6.45) is 4.38. The van der Waals surface area contributed by atoms with E-state index in [-0.39, 0.29) is 5.82 Å². The van der Waals surface area contributed by atoms with Crippen molar-refractivity contribution in [3.63, 3.8) is 0 Å². The van der Waals surface area contributed by atoms with E-state index < -0.39 is 0 Å². The Bertz CT molecular complexity index is 775. The molecule has 1 aliphatic rings. The second-order valence-corrected chi connectivity index (χ2v) is 6.43. The number of aliphatic imine (C=N–C) groups is 1. The number of nitrogens with zero attached hydrogens (tertiary/aromatic N) is 3. The fourth-order valence-corrected chi connectivity index (χ4v) is 3.06. The maximum atomic E-state index is 13.0. The molecule has 1 aliphatic heterocycles. The molecule has 0 aliphatic carbocycles. The van der Waals surface area contributed by atoms with Gasteiger partial charge in [-0.1, -0.05) is 36.4 Å². The van der Waals surface area contributed by atoms with Gasteiger partial charge in [-0.05, 0) is 35.4 Å². The van der Waals surface area contributed by atoms with Crippen LogP contribution in [0.4, 0.5) is 10.1 Å². The summed E-state index contributed by atoms with van der Waals surface area (Å²) in [5.74, 6) is 0.592. The maximum absolute atomic E-state index is 13.0. The van der Waals surface area contributed by atoms with Crippen molar-refractivity contribution < 1.29 is 4.39 Å². The van der Waals surface area contributed by atoms with Crippen molar-refractivity contribution in [3.05, 3.63) is 77.6 Å². The van der Waals surface area contributed by atoms with Gasteiger partial charge in [-0.2, -0.15) is 0 Å². The van der Waals surface area contributed by atoms with E-state index in [1.54, 1.807) is 19.2 Å². The predicted molar refractivity (Wildman–Crippen MR) is 106 cm³/mol. The van der Waals surface area contributed by atoms with E-state index in [9.17, 15) is 4.39 Å². The van der Waals surface area contributed by atoms with Crippen LogP contribution in [0, 0.1) is 5.82 Å². The third kappa shape index (κ3) is 4.63. The highest BCUT2D eigenvalue weighted by atomic mass is 19.1. The van der Waals surface area contributed by atoms with Gasteiger partial charge in [0, 0.05) is 46.0 Å². The molecule has 26 heavy (non-hydrogen) atoms. The van der Waals surface area contributed by atoms with Crippen LogP contribution in [-0.4, -0.2) is 38.0 Å². The minimum absolute atomic E-state index is 0.216. The molecule has 0 radical (unpaired) electrons. The van der Waals surface area contributed by atoms with Crippen LogP contribution in [-0.2, 0) is 13.1 Å². The molecule has 1 N–H and O–H groups in total. The first-order valence-electron chi connectivity index (χ1n) is 8.81. The predicted octanol–water partition coefficient (Wildman–Crippen LogP) is 3.41. The molecule has 4 nitrogen and oxygen atoms in total. The fraction of sp³-hybridized carbons (Fsp3) is 0.286. The minimum atomic E-state index is -0.216. The van der Waals surface area contributed by atoms with Crippen LogP contribution in [0.2, 0.25) is 0 Å². The van der Waals surface area contributed by atoms with Crippen molar-refractivity contribution in [2.24, 2.45) is 4.99 Å². The maximum Gasteiger partial charge on any atom is 0.193 e. The Balaban J connectivity index is 1.58. The van der Waals surface area contributed by atoms with Crippen LogP contribution in [0.1, 0.15) is 11.1 Å². The summed E-state index contributed by atoms with van der Waals surface area (Å²) in [5.41, 5.74) is 3.50. The summed E-state index contributed by atoms with van der Waals surface area (Å²) in [6, 6.07) is 15.1. The van der Waals surface area contributed by atoms with Crippen molar-refractivity contribution >= 4 is 11.6 Å². The number of hydrogen-bond acceptors (Lipinski definition) is 2. The zero-order valence-electron chi connectivity index (χ0n) is 15.3. The number of rotatable bonds is 5. The van der Waals surface area contributed by atoms with Crippen LogP contribution >= 0.6 is 0 Å². The minimum Gasteiger partial charge on any atom is -0.364 e. The molecule has 0 bridgehead atoms. The first-order chi connectivity index (χ1) is 12.7. The number of nitrogens with one attached hydrogen (secondary N) is 1. The van der Waals surface area contributed by atoms with E-state index in [2.05, 4.69) is 51.6 Å². The standard InChI is InChI=1S/C21H25FN4/c1-23-21(25(2)16-17-8-10-19(22)11-9-17)24-15-18-6-5-7-20(14-18)26-12-3-4-13-26/h3-11,14H,12-13,15-16H2,1-2H3,(H,23,24). The monoisotopic (exact) mass is 352 g/mol. The summed E-state index contributed by atoms with van der Waals surface area (Å²) in [4.78, 5) is 8.72. The summed E-state index contributed by atoms with van der Waals surface area (Å²) in [5, 5.41) is 3.40. The van der Waals surface area contributed by atoms with Gasteiger partial charge in [-0.25, -0.2) is 4.39 Å². The highest BCUT2D eigenvalue weighted by molar-refractivity contribution is 5.79. The van der Waals surface area contributed by atoms with Crippen LogP contribution in [0.25, 0.3) is 0 Å². The molecule has 0 spiro atoms. The second-order valence-electron chi connectivity index (χ2n) is 6.43. The van der Waals surface area contributed by atoms with E-state index >= 15 is 0 Å². The Morgan fingerprint density at radius 2 is 1.85 bits per heavy atom. The Morgan fingerprint density at radius 1 is 1.12 bits per heavy atom. The van der Waals surface area contributed by atoms with Crippen LogP contribution in [0.5, 0.6) is 0 Å². The molecule has 0 atom stereocenters. The van der Waals surface area contributed by atoms with E-state index in [0.717, 1.165) is 24.6 Å². The number of benzene rings is 2. The van der Waals surface area contributed by atoms with Gasteiger partial charge in [-0.3, -0.25) is 4.99 Å². The Hall–Kier alpha value is -2.82. The number of halogens is 1. The van der Waals surface area contributed by atoms with Gasteiger partial charge < -0.3 is 15.1 Å². The third-order valence-electron chi connectivity index (χ3n) is 4.45. The molecule has 2 aromatic carbocycles. The normalized spacial score (nSPS) is 14.0. The van der Waals surface area contributed by atoms with Gasteiger partial charge in [0.2, 0.25) is 0 Å². The van der Waals surface area contributed by atoms with E-state index in [1.807, 2.05) is 11.9 Å². The van der Waals surface area contributed by atoms with E-state index in [1.165, 1.54) is 23.4 Å². The van der Waals surface area contributed by atoms with Gasteiger partial charge in [-0.15, -0.1) is 0 Å². The smallest absolute Gasteiger partial charge is 0.193 e. The molecule has 0 saturated carbocycles. The van der Waals surface area contributed by atoms with Crippen molar-refractivity contribution in [2.75, 3.05) is 32.1 Å². The first kappa shape index (κ1) is 18.0. The summed E-state index contributed by atoms with van der Waals surface area (Å²) < 4.78 is 13.0. The second kappa shape index (κ2) is 8.52. The molecule has 0 fully saturated rings. The van der Waals surface area contributed by atoms with Crippen molar-refractivity contribution in [1.29, 1.82) is 0 Å². The molecule has 0 saturated heterocycles. The molecule has 3 rings (SSSR count). The van der Waals surface area contributed by atoms with Gasteiger partial charge in [0.1, 0.15) is 5.82 Å². The number of anilines is 1. The quantitative estimate of drug-likeness (QED) is 0.508. The Labute approximate surface area is 154 Å². The van der Waals surface area contributed by atoms with E-state index in [0.29, 0.717) is 13.1 Å². The zero-order valence-corrected chi connectivity index (χ0v) is 15.3. The van der Waals surface area contributed by atoms with Gasteiger partial charge in [0.25, 0.3) is 0 Å². The lowest BCUT2D eigenvalue weighted by atomic mass is 10.2. The topological polar surface area (TPSA) is 30.9 Å². The van der Waals surface area contributed by atoms with Crippen molar-refractivity contribution in [3.8, 4) is 0 Å². The summed E-state index contributed by atoms with van der Waals surface area (Å²) in [6.45, 7) is 3.31. The van der Waals surface area contributed by atoms with E-state index in [4.69, 9.17) is 0 Å². The molecule has 5 heteroatoms. The largest absolute Gasteiger partial charge is 0.364 e. The molecule has 0 aromatic heterocycles.